The Morgan fingerprint density at radius 2 is 1.80 bits per heavy atom. The fourth-order valence-electron chi connectivity index (χ4n) is 4.12. The van der Waals surface area contributed by atoms with E-state index in [1.54, 1.807) is 36.4 Å². The average molecular weight is 359 g/mol. The van der Waals surface area contributed by atoms with Crippen molar-refractivity contribution in [1.82, 2.24) is 5.06 Å². The van der Waals surface area contributed by atoms with Crippen LogP contribution in [0.4, 0.5) is 0 Å². The highest BCUT2D eigenvalue weighted by atomic mass is 32.2. The highest BCUT2D eigenvalue weighted by molar-refractivity contribution is 7.93. The van der Waals surface area contributed by atoms with Crippen LogP contribution in [0.15, 0.2) is 59.5 Å². The van der Waals surface area contributed by atoms with Crippen LogP contribution in [-0.2, 0) is 14.7 Å². The minimum Gasteiger partial charge on any atom is -0.497 e. The lowest BCUT2D eigenvalue weighted by Gasteiger charge is -2.44. The van der Waals surface area contributed by atoms with Crippen LogP contribution in [0, 0.1) is 0 Å². The van der Waals surface area contributed by atoms with Crippen molar-refractivity contribution in [3.05, 3.63) is 60.2 Å². The van der Waals surface area contributed by atoms with E-state index in [0.29, 0.717) is 11.3 Å². The fraction of sp³-hybridized carbons (Fsp3) is 0.368. The van der Waals surface area contributed by atoms with Gasteiger partial charge in [0, 0.05) is 7.05 Å². The SMILES string of the molecule is COc1ccc([C@H]2N(C)O[C@H]3CC[C@]32S(=O)(=O)c2ccccc2)cc1. The van der Waals surface area contributed by atoms with Crippen LogP contribution < -0.4 is 4.74 Å². The first-order chi connectivity index (χ1) is 12.0. The van der Waals surface area contributed by atoms with E-state index in [1.165, 1.54) is 0 Å². The zero-order chi connectivity index (χ0) is 17.7. The van der Waals surface area contributed by atoms with Crippen molar-refractivity contribution in [3.8, 4) is 5.75 Å². The van der Waals surface area contributed by atoms with E-state index < -0.39 is 14.6 Å². The van der Waals surface area contributed by atoms with Gasteiger partial charge in [0.1, 0.15) is 16.6 Å². The van der Waals surface area contributed by atoms with Crippen LogP contribution in [0.2, 0.25) is 0 Å². The first-order valence-corrected chi connectivity index (χ1v) is 9.82. The number of rotatable bonds is 4. The second kappa shape index (κ2) is 5.83. The Kier molecular flexibility index (Phi) is 3.86. The molecular weight excluding hydrogens is 338 g/mol. The summed E-state index contributed by atoms with van der Waals surface area (Å²) in [6, 6.07) is 15.9. The molecule has 4 rings (SSSR count). The van der Waals surface area contributed by atoms with Gasteiger partial charge in [-0.25, -0.2) is 8.42 Å². The smallest absolute Gasteiger partial charge is 0.188 e. The normalized spacial score (nSPS) is 29.0. The van der Waals surface area contributed by atoms with E-state index in [2.05, 4.69) is 0 Å². The number of nitrogens with zero attached hydrogens (tertiary/aromatic N) is 1. The van der Waals surface area contributed by atoms with E-state index in [1.807, 2.05) is 37.4 Å². The average Bonchev–Trinajstić information content (AvgIpc) is 2.83. The number of hydroxylamine groups is 2. The Bertz CT molecular complexity index is 866. The van der Waals surface area contributed by atoms with Crippen molar-refractivity contribution >= 4 is 9.84 Å². The maximum absolute atomic E-state index is 13.5. The van der Waals surface area contributed by atoms with Crippen molar-refractivity contribution in [2.24, 2.45) is 0 Å². The molecule has 0 amide bonds. The molecule has 6 heteroatoms. The molecule has 3 atom stereocenters. The van der Waals surface area contributed by atoms with Gasteiger partial charge in [-0.2, -0.15) is 5.06 Å². The Morgan fingerprint density at radius 3 is 2.36 bits per heavy atom. The Labute approximate surface area is 148 Å². The Morgan fingerprint density at radius 1 is 1.12 bits per heavy atom. The van der Waals surface area contributed by atoms with Gasteiger partial charge >= 0.3 is 0 Å². The molecule has 5 nitrogen and oxygen atoms in total. The van der Waals surface area contributed by atoms with Crippen LogP contribution >= 0.6 is 0 Å². The molecule has 0 spiro atoms. The van der Waals surface area contributed by atoms with Gasteiger partial charge < -0.3 is 4.74 Å². The summed E-state index contributed by atoms with van der Waals surface area (Å²) in [5.41, 5.74) is 0.921. The number of benzene rings is 2. The Hall–Kier alpha value is -1.89. The third kappa shape index (κ3) is 2.25. The van der Waals surface area contributed by atoms with Gasteiger partial charge in [0.2, 0.25) is 0 Å². The molecule has 25 heavy (non-hydrogen) atoms. The molecule has 2 aromatic carbocycles. The van der Waals surface area contributed by atoms with Crippen molar-refractivity contribution < 1.29 is 18.0 Å². The number of sulfone groups is 1. The quantitative estimate of drug-likeness (QED) is 0.840. The molecule has 1 aliphatic carbocycles. The monoisotopic (exact) mass is 359 g/mol. The number of fused-ring (bicyclic) bond motifs is 1. The van der Waals surface area contributed by atoms with E-state index in [0.717, 1.165) is 17.7 Å². The second-order valence-electron chi connectivity index (χ2n) is 6.63. The summed E-state index contributed by atoms with van der Waals surface area (Å²) in [6.45, 7) is 0. The summed E-state index contributed by atoms with van der Waals surface area (Å²) in [4.78, 5) is 6.28. The minimum atomic E-state index is -3.54. The lowest BCUT2D eigenvalue weighted by Crippen LogP contribution is -2.57. The topological polar surface area (TPSA) is 55.8 Å². The van der Waals surface area contributed by atoms with Crippen LogP contribution in [0.5, 0.6) is 5.75 Å². The first kappa shape index (κ1) is 16.6. The molecule has 2 aromatic rings. The molecule has 0 unspecified atom stereocenters. The molecule has 0 N–H and O–H groups in total. The van der Waals surface area contributed by atoms with Gasteiger partial charge in [0.15, 0.2) is 9.84 Å². The number of ether oxygens (including phenoxy) is 1. The molecule has 0 radical (unpaired) electrons. The standard InChI is InChI=1S/C19H21NO4S/c1-20-18(14-8-10-15(23-2)11-9-14)19(13-12-17(19)24-20)25(21,22)16-6-4-3-5-7-16/h3-11,17-18H,12-13H2,1-2H3/t17-,18+,19-/m0/s1. The van der Waals surface area contributed by atoms with Crippen molar-refractivity contribution in [1.29, 1.82) is 0 Å². The fourth-order valence-corrected chi connectivity index (χ4v) is 6.55. The summed E-state index contributed by atoms with van der Waals surface area (Å²) in [5.74, 6) is 0.746. The van der Waals surface area contributed by atoms with Crippen LogP contribution in [0.3, 0.4) is 0 Å². The van der Waals surface area contributed by atoms with Gasteiger partial charge in [-0.15, -0.1) is 0 Å². The first-order valence-electron chi connectivity index (χ1n) is 8.34. The van der Waals surface area contributed by atoms with E-state index >= 15 is 0 Å². The maximum Gasteiger partial charge on any atom is 0.188 e. The predicted octanol–water partition coefficient (Wildman–Crippen LogP) is 2.99. The summed E-state index contributed by atoms with van der Waals surface area (Å²) < 4.78 is 31.4. The highest BCUT2D eigenvalue weighted by Crippen LogP contribution is 2.58. The molecule has 1 aliphatic heterocycles. The third-order valence-corrected chi connectivity index (χ3v) is 8.03. The third-order valence-electron chi connectivity index (χ3n) is 5.45. The zero-order valence-electron chi connectivity index (χ0n) is 14.3. The zero-order valence-corrected chi connectivity index (χ0v) is 15.1. The molecule has 1 saturated carbocycles. The van der Waals surface area contributed by atoms with Gasteiger partial charge in [-0.1, -0.05) is 30.3 Å². The molecule has 2 aliphatic rings. The van der Waals surface area contributed by atoms with Crippen molar-refractivity contribution in [2.75, 3.05) is 14.2 Å². The largest absolute Gasteiger partial charge is 0.497 e. The van der Waals surface area contributed by atoms with Crippen molar-refractivity contribution in [2.45, 2.75) is 34.6 Å². The van der Waals surface area contributed by atoms with Gasteiger partial charge in [0.05, 0.1) is 18.0 Å². The summed E-state index contributed by atoms with van der Waals surface area (Å²) in [7, 11) is -0.115. The van der Waals surface area contributed by atoms with E-state index in [9.17, 15) is 8.42 Å². The minimum absolute atomic E-state index is 0.310. The summed E-state index contributed by atoms with van der Waals surface area (Å²) in [5, 5.41) is 1.71. The van der Waals surface area contributed by atoms with E-state index in [4.69, 9.17) is 9.57 Å². The highest BCUT2D eigenvalue weighted by Gasteiger charge is 2.68. The lowest BCUT2D eigenvalue weighted by molar-refractivity contribution is -0.151. The number of hydrogen-bond acceptors (Lipinski definition) is 5. The Balaban J connectivity index is 1.83. The van der Waals surface area contributed by atoms with E-state index in [-0.39, 0.29) is 12.1 Å². The molecular formula is C19H21NO4S. The van der Waals surface area contributed by atoms with Crippen molar-refractivity contribution in [3.63, 3.8) is 0 Å². The number of hydrogen-bond donors (Lipinski definition) is 0. The molecule has 1 saturated heterocycles. The summed E-state index contributed by atoms with van der Waals surface area (Å²) >= 11 is 0. The molecule has 132 valence electrons. The van der Waals surface area contributed by atoms with Crippen LogP contribution in [0.1, 0.15) is 24.4 Å². The van der Waals surface area contributed by atoms with Gasteiger partial charge in [-0.3, -0.25) is 4.84 Å². The number of methoxy groups -OCH3 is 1. The maximum atomic E-state index is 13.5. The van der Waals surface area contributed by atoms with Gasteiger partial charge in [-0.05, 0) is 42.7 Å². The second-order valence-corrected chi connectivity index (χ2v) is 8.86. The lowest BCUT2D eigenvalue weighted by atomic mass is 9.74. The van der Waals surface area contributed by atoms with Crippen LogP contribution in [-0.4, -0.2) is 38.5 Å². The summed E-state index contributed by atoms with van der Waals surface area (Å²) in [6.07, 6.45) is 1.04. The van der Waals surface area contributed by atoms with Gasteiger partial charge in [0.25, 0.3) is 0 Å². The molecule has 0 aromatic heterocycles. The predicted molar refractivity (Wildman–Crippen MR) is 94.0 cm³/mol. The molecule has 1 heterocycles. The molecule has 0 bridgehead atoms. The molecule has 2 fully saturated rings. The van der Waals surface area contributed by atoms with Crippen LogP contribution in [0.25, 0.3) is 0 Å².